The molecular weight excluding hydrogens is 387 g/mol. The van der Waals surface area contributed by atoms with Gasteiger partial charge in [-0.3, -0.25) is 4.79 Å². The molecule has 0 fully saturated rings. The van der Waals surface area contributed by atoms with E-state index in [9.17, 15) is 4.79 Å². The first-order valence-electron chi connectivity index (χ1n) is 7.38. The molecule has 0 unspecified atom stereocenters. The number of thiazole rings is 1. The van der Waals surface area contributed by atoms with Crippen LogP contribution in [0.25, 0.3) is 10.2 Å². The predicted octanol–water partition coefficient (Wildman–Crippen LogP) is 5.04. The van der Waals surface area contributed by atoms with E-state index < -0.39 is 0 Å². The zero-order valence-electron chi connectivity index (χ0n) is 12.8. The second-order valence-electron chi connectivity index (χ2n) is 5.37. The second-order valence-corrected chi connectivity index (χ2v) is 7.20. The van der Waals surface area contributed by atoms with Crippen LogP contribution < -0.4 is 10.2 Å². The minimum Gasteiger partial charge on any atom is -0.313 e. The first-order chi connectivity index (χ1) is 11.1. The van der Waals surface area contributed by atoms with Gasteiger partial charge in [-0.05, 0) is 54.8 Å². The Balaban J connectivity index is 0.00000208. The SMILES string of the molecule is Cl.O=c1[nH]c2ccc(CCCNCc3ccc(Cl)c(Cl)c3)cc2s1. The van der Waals surface area contributed by atoms with Crippen LogP contribution in [0.4, 0.5) is 0 Å². The standard InChI is InChI=1S/C17H16Cl2N2OS.ClH/c18-13-5-3-12(8-14(13)19)10-20-7-1-2-11-4-6-15-16(9-11)23-17(22)21-15;/h3-6,8-9,20H,1-2,7,10H2,(H,21,22);1H. The van der Waals surface area contributed by atoms with E-state index in [1.54, 1.807) is 0 Å². The number of hydrogen-bond acceptors (Lipinski definition) is 3. The fraction of sp³-hybridized carbons (Fsp3) is 0.235. The highest BCUT2D eigenvalue weighted by atomic mass is 35.5. The molecule has 3 nitrogen and oxygen atoms in total. The molecule has 0 bridgehead atoms. The van der Waals surface area contributed by atoms with Crippen LogP contribution in [0.15, 0.2) is 41.2 Å². The molecule has 0 aliphatic rings. The molecular formula is C17H17Cl3N2OS. The summed E-state index contributed by atoms with van der Waals surface area (Å²) in [5.41, 5.74) is 3.29. The number of aromatic amines is 1. The van der Waals surface area contributed by atoms with Crippen molar-refractivity contribution in [2.75, 3.05) is 6.54 Å². The third kappa shape index (κ3) is 4.98. The molecule has 2 aromatic carbocycles. The lowest BCUT2D eigenvalue weighted by atomic mass is 10.1. The monoisotopic (exact) mass is 402 g/mol. The van der Waals surface area contributed by atoms with Gasteiger partial charge in [0, 0.05) is 6.54 Å². The van der Waals surface area contributed by atoms with E-state index in [2.05, 4.69) is 22.4 Å². The van der Waals surface area contributed by atoms with E-state index in [0.717, 1.165) is 41.7 Å². The smallest absolute Gasteiger partial charge is 0.305 e. The maximum Gasteiger partial charge on any atom is 0.305 e. The average Bonchev–Trinajstić information content (AvgIpc) is 2.89. The number of hydrogen-bond donors (Lipinski definition) is 2. The van der Waals surface area contributed by atoms with Crippen LogP contribution in [-0.2, 0) is 13.0 Å². The van der Waals surface area contributed by atoms with Gasteiger partial charge >= 0.3 is 4.87 Å². The van der Waals surface area contributed by atoms with E-state index in [4.69, 9.17) is 23.2 Å². The maximum atomic E-state index is 11.3. The lowest BCUT2D eigenvalue weighted by Gasteiger charge is -2.06. The summed E-state index contributed by atoms with van der Waals surface area (Å²) in [5, 5.41) is 4.57. The Labute approximate surface area is 160 Å². The molecule has 2 N–H and O–H groups in total. The van der Waals surface area contributed by atoms with E-state index in [1.807, 2.05) is 24.3 Å². The molecule has 1 aromatic heterocycles. The number of halogens is 3. The van der Waals surface area contributed by atoms with Gasteiger partial charge < -0.3 is 10.3 Å². The van der Waals surface area contributed by atoms with E-state index in [1.165, 1.54) is 16.9 Å². The maximum absolute atomic E-state index is 11.3. The summed E-state index contributed by atoms with van der Waals surface area (Å²) in [5.74, 6) is 0. The molecule has 0 aliphatic heterocycles. The highest BCUT2D eigenvalue weighted by Crippen LogP contribution is 2.22. The largest absolute Gasteiger partial charge is 0.313 e. The molecule has 0 atom stereocenters. The molecule has 0 radical (unpaired) electrons. The van der Waals surface area contributed by atoms with Crippen molar-refractivity contribution in [1.82, 2.24) is 10.3 Å². The summed E-state index contributed by atoms with van der Waals surface area (Å²) < 4.78 is 1.02. The number of benzene rings is 2. The molecule has 3 aromatic rings. The molecule has 1 heterocycles. The van der Waals surface area contributed by atoms with Crippen LogP contribution in [-0.4, -0.2) is 11.5 Å². The Bertz CT molecular complexity index is 876. The summed E-state index contributed by atoms with van der Waals surface area (Å²) in [6, 6.07) is 11.8. The molecule has 3 rings (SSSR count). The fourth-order valence-corrected chi connectivity index (χ4v) is 3.57. The quantitative estimate of drug-likeness (QED) is 0.566. The van der Waals surface area contributed by atoms with Gasteiger partial charge in [0.25, 0.3) is 0 Å². The van der Waals surface area contributed by atoms with Crippen LogP contribution in [0, 0.1) is 0 Å². The highest BCUT2D eigenvalue weighted by molar-refractivity contribution is 7.16. The number of H-pyrrole nitrogens is 1. The molecule has 7 heteroatoms. The molecule has 0 saturated heterocycles. The van der Waals surface area contributed by atoms with E-state index in [0.29, 0.717) is 10.0 Å². The molecule has 128 valence electrons. The van der Waals surface area contributed by atoms with Crippen LogP contribution in [0.3, 0.4) is 0 Å². The zero-order valence-corrected chi connectivity index (χ0v) is 15.9. The average molecular weight is 404 g/mol. The second kappa shape index (κ2) is 8.88. The van der Waals surface area contributed by atoms with Crippen LogP contribution in [0.5, 0.6) is 0 Å². The van der Waals surface area contributed by atoms with E-state index in [-0.39, 0.29) is 17.3 Å². The third-order valence-electron chi connectivity index (χ3n) is 3.62. The van der Waals surface area contributed by atoms with Crippen molar-refractivity contribution in [2.24, 2.45) is 0 Å². The Hall–Kier alpha value is -1.04. The topological polar surface area (TPSA) is 44.9 Å². The van der Waals surface area contributed by atoms with Crippen molar-refractivity contribution >= 4 is 57.2 Å². The minimum atomic E-state index is 0. The lowest BCUT2D eigenvalue weighted by molar-refractivity contribution is 0.650. The number of aryl methyl sites for hydroxylation is 1. The molecule has 0 aliphatic carbocycles. The van der Waals surface area contributed by atoms with Gasteiger partial charge in [-0.1, -0.05) is 46.7 Å². The first kappa shape index (κ1) is 19.3. The Morgan fingerprint density at radius 1 is 1.04 bits per heavy atom. The zero-order chi connectivity index (χ0) is 16.2. The van der Waals surface area contributed by atoms with Gasteiger partial charge in [0.15, 0.2) is 0 Å². The van der Waals surface area contributed by atoms with Crippen molar-refractivity contribution in [3.05, 3.63) is 67.2 Å². The fourth-order valence-electron chi connectivity index (χ4n) is 2.45. The Morgan fingerprint density at radius 2 is 1.83 bits per heavy atom. The van der Waals surface area contributed by atoms with Crippen molar-refractivity contribution < 1.29 is 0 Å². The highest BCUT2D eigenvalue weighted by Gasteiger charge is 2.02. The summed E-state index contributed by atoms with van der Waals surface area (Å²) in [6.45, 7) is 1.69. The van der Waals surface area contributed by atoms with Gasteiger partial charge in [0.05, 0.1) is 20.3 Å². The number of rotatable bonds is 6. The van der Waals surface area contributed by atoms with Crippen molar-refractivity contribution in [3.8, 4) is 0 Å². The van der Waals surface area contributed by atoms with Gasteiger partial charge in [-0.25, -0.2) is 0 Å². The summed E-state index contributed by atoms with van der Waals surface area (Å²) >= 11 is 13.2. The normalized spacial score (nSPS) is 10.8. The molecule has 24 heavy (non-hydrogen) atoms. The summed E-state index contributed by atoms with van der Waals surface area (Å²) in [6.07, 6.45) is 2.02. The number of nitrogens with one attached hydrogen (secondary N) is 2. The molecule has 0 spiro atoms. The van der Waals surface area contributed by atoms with Gasteiger partial charge in [0.1, 0.15) is 0 Å². The number of aromatic nitrogens is 1. The summed E-state index contributed by atoms with van der Waals surface area (Å²) in [7, 11) is 0. The van der Waals surface area contributed by atoms with Gasteiger partial charge in [-0.2, -0.15) is 0 Å². The van der Waals surface area contributed by atoms with Gasteiger partial charge in [-0.15, -0.1) is 12.4 Å². The van der Waals surface area contributed by atoms with E-state index >= 15 is 0 Å². The van der Waals surface area contributed by atoms with Crippen LogP contribution in [0.1, 0.15) is 17.5 Å². The first-order valence-corrected chi connectivity index (χ1v) is 8.95. The molecule has 0 amide bonds. The van der Waals surface area contributed by atoms with Gasteiger partial charge in [0.2, 0.25) is 0 Å². The van der Waals surface area contributed by atoms with Crippen LogP contribution in [0.2, 0.25) is 10.0 Å². The number of fused-ring (bicyclic) bond motifs is 1. The Kier molecular flexibility index (Phi) is 7.14. The van der Waals surface area contributed by atoms with Crippen LogP contribution >= 0.6 is 46.9 Å². The van der Waals surface area contributed by atoms with Crippen molar-refractivity contribution in [3.63, 3.8) is 0 Å². The molecule has 0 saturated carbocycles. The van der Waals surface area contributed by atoms with Crippen molar-refractivity contribution in [2.45, 2.75) is 19.4 Å². The lowest BCUT2D eigenvalue weighted by Crippen LogP contribution is -2.15. The Morgan fingerprint density at radius 3 is 2.62 bits per heavy atom. The summed E-state index contributed by atoms with van der Waals surface area (Å²) in [4.78, 5) is 14.1. The van der Waals surface area contributed by atoms with Crippen molar-refractivity contribution in [1.29, 1.82) is 0 Å². The third-order valence-corrected chi connectivity index (χ3v) is 5.20. The predicted molar refractivity (Wildman–Crippen MR) is 106 cm³/mol. The minimum absolute atomic E-state index is 0.